The van der Waals surface area contributed by atoms with Gasteiger partial charge in [0, 0.05) is 43.3 Å². The van der Waals surface area contributed by atoms with E-state index >= 15 is 0 Å². The average molecular weight is 647 g/mol. The second-order valence-electron chi connectivity index (χ2n) is 11.0. The summed E-state index contributed by atoms with van der Waals surface area (Å²) in [5.41, 5.74) is 3.94. The summed E-state index contributed by atoms with van der Waals surface area (Å²) >= 11 is 1.46. The number of unbranched alkanes of at least 4 members (excludes halogenated alkanes) is 2. The monoisotopic (exact) mass is 646 g/mol. The summed E-state index contributed by atoms with van der Waals surface area (Å²) in [6, 6.07) is 21.8. The first-order valence-electron chi connectivity index (χ1n) is 15.2. The van der Waals surface area contributed by atoms with Crippen LogP contribution in [-0.2, 0) is 25.7 Å². The van der Waals surface area contributed by atoms with Crippen molar-refractivity contribution in [3.05, 3.63) is 89.5 Å². The van der Waals surface area contributed by atoms with E-state index in [9.17, 15) is 19.8 Å². The van der Waals surface area contributed by atoms with E-state index in [0.29, 0.717) is 36.0 Å². The minimum atomic E-state index is -0.694. The molecule has 242 valence electrons. The number of carbonyl (C=O) groups is 2. The molecule has 13 heteroatoms. The molecule has 3 atom stereocenters. The Morgan fingerprint density at radius 3 is 2.57 bits per heavy atom. The molecule has 1 aromatic heterocycles. The number of hydrogen-bond acceptors (Lipinski definition) is 10. The van der Waals surface area contributed by atoms with Crippen molar-refractivity contribution in [2.24, 2.45) is 0 Å². The molecule has 0 saturated carbocycles. The van der Waals surface area contributed by atoms with Gasteiger partial charge in [-0.3, -0.25) is 9.59 Å². The highest BCUT2D eigenvalue weighted by atomic mass is 32.2. The number of tetrazole rings is 1. The summed E-state index contributed by atoms with van der Waals surface area (Å²) in [5, 5.41) is 37.6. The Morgan fingerprint density at radius 1 is 1.00 bits per heavy atom. The first-order valence-corrected chi connectivity index (χ1v) is 16.2. The summed E-state index contributed by atoms with van der Waals surface area (Å²) in [7, 11) is 0. The van der Waals surface area contributed by atoms with Gasteiger partial charge in [-0.15, -0.1) is 5.10 Å². The maximum Gasteiger partial charge on any atom is 0.224 e. The minimum Gasteiger partial charge on any atom is -0.508 e. The Balaban J connectivity index is 1.26. The van der Waals surface area contributed by atoms with Crippen molar-refractivity contribution in [3.63, 3.8) is 0 Å². The van der Waals surface area contributed by atoms with Gasteiger partial charge in [-0.2, -0.15) is 4.68 Å². The summed E-state index contributed by atoms with van der Waals surface area (Å²) in [5.74, 6) is 0.572. The molecule has 1 fully saturated rings. The Bertz CT molecular complexity index is 1580. The standard InChI is InChI=1S/C33H38N6O6S/c1-22(41)34-17-4-2-3-8-31(43)35-26-7-5-6-25(18-26)32-44-29(19-30(45-32)24-11-9-23(20-40)10-12-24)21-46-33-36-37-38-39(33)27-13-15-28(42)16-14-27/h5-7,9-16,18,29-30,32,40,42H,2-4,8,17,19-21H2,1H3,(H,34,41)(H,35,43)/t29-,30+,32+/m0/s1. The number of ether oxygens (including phenoxy) is 2. The van der Waals surface area contributed by atoms with Gasteiger partial charge in [-0.05, 0) is 70.8 Å². The predicted molar refractivity (Wildman–Crippen MR) is 172 cm³/mol. The lowest BCUT2D eigenvalue weighted by atomic mass is 10.0. The Kier molecular flexibility index (Phi) is 11.7. The molecule has 4 N–H and O–H groups in total. The highest BCUT2D eigenvalue weighted by molar-refractivity contribution is 7.99. The molecule has 4 aromatic rings. The fourth-order valence-electron chi connectivity index (χ4n) is 5.05. The molecule has 1 aliphatic rings. The van der Waals surface area contributed by atoms with Gasteiger partial charge in [-0.1, -0.05) is 54.6 Å². The molecule has 0 radical (unpaired) electrons. The number of aromatic nitrogens is 4. The van der Waals surface area contributed by atoms with Crippen molar-refractivity contribution in [3.8, 4) is 11.4 Å². The number of aliphatic hydroxyl groups is 1. The molecule has 0 bridgehead atoms. The number of carbonyl (C=O) groups excluding carboxylic acids is 2. The van der Waals surface area contributed by atoms with E-state index < -0.39 is 6.29 Å². The summed E-state index contributed by atoms with van der Waals surface area (Å²) < 4.78 is 14.6. The third-order valence-electron chi connectivity index (χ3n) is 7.45. The lowest BCUT2D eigenvalue weighted by Gasteiger charge is -2.36. The summed E-state index contributed by atoms with van der Waals surface area (Å²) in [6.45, 7) is 2.07. The number of hydrogen-bond donors (Lipinski definition) is 4. The number of thioether (sulfide) groups is 1. The van der Waals surface area contributed by atoms with Crippen molar-refractivity contribution in [2.75, 3.05) is 17.6 Å². The number of phenols is 1. The Hall–Kier alpha value is -4.30. The topological polar surface area (TPSA) is 161 Å². The van der Waals surface area contributed by atoms with E-state index in [4.69, 9.17) is 9.47 Å². The minimum absolute atomic E-state index is 0.0395. The third-order valence-corrected chi connectivity index (χ3v) is 8.50. The number of amides is 2. The van der Waals surface area contributed by atoms with Crippen LogP contribution in [0.15, 0.2) is 78.0 Å². The van der Waals surface area contributed by atoms with Gasteiger partial charge in [0.1, 0.15) is 5.75 Å². The van der Waals surface area contributed by atoms with Gasteiger partial charge in [-0.25, -0.2) is 0 Å². The van der Waals surface area contributed by atoms with Crippen LogP contribution in [0.3, 0.4) is 0 Å². The fourth-order valence-corrected chi connectivity index (χ4v) is 5.96. The molecule has 0 spiro atoms. The number of nitrogens with one attached hydrogen (secondary N) is 2. The van der Waals surface area contributed by atoms with E-state index in [-0.39, 0.29) is 36.4 Å². The Morgan fingerprint density at radius 2 is 1.80 bits per heavy atom. The van der Waals surface area contributed by atoms with Crippen LogP contribution in [-0.4, -0.2) is 60.6 Å². The van der Waals surface area contributed by atoms with E-state index in [1.54, 1.807) is 28.9 Å². The smallest absolute Gasteiger partial charge is 0.224 e. The van der Waals surface area contributed by atoms with E-state index in [0.717, 1.165) is 41.6 Å². The molecule has 5 rings (SSSR count). The average Bonchev–Trinajstić information content (AvgIpc) is 3.54. The van der Waals surface area contributed by atoms with Gasteiger partial charge >= 0.3 is 0 Å². The van der Waals surface area contributed by atoms with E-state index in [1.165, 1.54) is 18.7 Å². The van der Waals surface area contributed by atoms with Crippen LogP contribution in [0.4, 0.5) is 5.69 Å². The number of nitrogens with zero attached hydrogens (tertiary/aromatic N) is 4. The molecule has 3 aromatic carbocycles. The largest absolute Gasteiger partial charge is 0.508 e. The van der Waals surface area contributed by atoms with E-state index in [2.05, 4.69) is 26.2 Å². The molecule has 0 unspecified atom stereocenters. The van der Waals surface area contributed by atoms with Crippen molar-refractivity contribution >= 4 is 29.3 Å². The second kappa shape index (κ2) is 16.3. The second-order valence-corrected chi connectivity index (χ2v) is 12.0. The van der Waals surface area contributed by atoms with Crippen LogP contribution in [0.25, 0.3) is 5.69 Å². The molecule has 0 aliphatic carbocycles. The number of benzene rings is 3. The quantitative estimate of drug-likeness (QED) is 0.110. The van der Waals surface area contributed by atoms with Crippen molar-refractivity contribution in [2.45, 2.75) is 69.3 Å². The number of anilines is 1. The van der Waals surface area contributed by atoms with Gasteiger partial charge in [0.25, 0.3) is 0 Å². The van der Waals surface area contributed by atoms with Gasteiger partial charge < -0.3 is 30.3 Å². The molecule has 2 amide bonds. The van der Waals surface area contributed by atoms with Crippen LogP contribution in [0.2, 0.25) is 0 Å². The maximum absolute atomic E-state index is 12.6. The van der Waals surface area contributed by atoms with Crippen LogP contribution in [0.5, 0.6) is 5.75 Å². The number of phenolic OH excluding ortho intramolecular Hbond substituents is 1. The zero-order chi connectivity index (χ0) is 32.3. The summed E-state index contributed by atoms with van der Waals surface area (Å²) in [4.78, 5) is 23.6. The first-order chi connectivity index (χ1) is 22.4. The molecule has 1 saturated heterocycles. The summed E-state index contributed by atoms with van der Waals surface area (Å²) in [6.07, 6.45) is 2.17. The Labute approximate surface area is 271 Å². The van der Waals surface area contributed by atoms with Crippen molar-refractivity contribution in [1.29, 1.82) is 0 Å². The highest BCUT2D eigenvalue weighted by Gasteiger charge is 2.33. The predicted octanol–water partition coefficient (Wildman–Crippen LogP) is 4.83. The normalized spacial score (nSPS) is 17.8. The highest BCUT2D eigenvalue weighted by Crippen LogP contribution is 2.40. The fraction of sp³-hybridized carbons (Fsp3) is 0.364. The molecule has 1 aliphatic heterocycles. The van der Waals surface area contributed by atoms with Gasteiger partial charge in [0.2, 0.25) is 17.0 Å². The number of rotatable bonds is 14. The van der Waals surface area contributed by atoms with Crippen LogP contribution >= 0.6 is 11.8 Å². The molecule has 46 heavy (non-hydrogen) atoms. The van der Waals surface area contributed by atoms with Crippen molar-refractivity contribution in [1.82, 2.24) is 25.5 Å². The zero-order valence-corrected chi connectivity index (χ0v) is 26.4. The van der Waals surface area contributed by atoms with E-state index in [1.807, 2.05) is 48.5 Å². The zero-order valence-electron chi connectivity index (χ0n) is 25.5. The lowest BCUT2D eigenvalue weighted by Crippen LogP contribution is -2.31. The van der Waals surface area contributed by atoms with Crippen LogP contribution in [0, 0.1) is 0 Å². The van der Waals surface area contributed by atoms with Gasteiger partial charge in [0.15, 0.2) is 6.29 Å². The molecular formula is C33H38N6O6S. The SMILES string of the molecule is CC(=O)NCCCCCC(=O)Nc1cccc([C@@H]2O[C@H](CSc3nnnn3-c3ccc(O)cc3)C[C@H](c3ccc(CO)cc3)O2)c1. The third kappa shape index (κ3) is 9.36. The van der Waals surface area contributed by atoms with Crippen LogP contribution < -0.4 is 10.6 Å². The molecule has 12 nitrogen and oxygen atoms in total. The first kappa shape index (κ1) is 33.1. The van der Waals surface area contributed by atoms with Crippen LogP contribution in [0.1, 0.15) is 68.1 Å². The van der Waals surface area contributed by atoms with Crippen molar-refractivity contribution < 1.29 is 29.3 Å². The number of aliphatic hydroxyl groups excluding tert-OH is 1. The number of aromatic hydroxyl groups is 1. The molecule has 2 heterocycles. The maximum atomic E-state index is 12.6. The van der Waals surface area contributed by atoms with Gasteiger partial charge in [0.05, 0.1) is 24.5 Å². The lowest BCUT2D eigenvalue weighted by molar-refractivity contribution is -0.245. The molecular weight excluding hydrogens is 608 g/mol.